The van der Waals surface area contributed by atoms with Gasteiger partial charge in [-0.25, -0.2) is 0 Å². The molecule has 0 aliphatic carbocycles. The van der Waals surface area contributed by atoms with Crippen LogP contribution in [0.15, 0.2) is 0 Å². The summed E-state index contributed by atoms with van der Waals surface area (Å²) in [5, 5.41) is 15.9. The van der Waals surface area contributed by atoms with E-state index < -0.39 is 0 Å². The summed E-state index contributed by atoms with van der Waals surface area (Å²) in [6, 6.07) is -0.383. The zero-order chi connectivity index (χ0) is 26.3. The number of carbonyl (C=O) groups is 1. The number of nitrogens with one attached hydrogen (secondary N) is 2. The van der Waals surface area contributed by atoms with Crippen molar-refractivity contribution in [3.05, 3.63) is 0 Å². The van der Waals surface area contributed by atoms with Gasteiger partial charge in [-0.2, -0.15) is 0 Å². The maximum absolute atomic E-state index is 12.6. The first kappa shape index (κ1) is 33.3. The van der Waals surface area contributed by atoms with Crippen LogP contribution in [-0.2, 0) is 19.0 Å². The van der Waals surface area contributed by atoms with E-state index in [0.717, 1.165) is 32.1 Å². The lowest BCUT2D eigenvalue weighted by molar-refractivity contribution is -0.127. The van der Waals surface area contributed by atoms with Crippen LogP contribution in [-0.4, -0.2) is 74.4 Å². The zero-order valence-electron chi connectivity index (χ0n) is 23.7. The summed E-state index contributed by atoms with van der Waals surface area (Å²) in [7, 11) is 0. The molecule has 3 N–H and O–H groups in total. The predicted octanol–water partition coefficient (Wildman–Crippen LogP) is 4.31. The van der Waals surface area contributed by atoms with E-state index >= 15 is 0 Å². The lowest BCUT2D eigenvalue weighted by Crippen LogP contribution is -2.54. The van der Waals surface area contributed by atoms with Gasteiger partial charge in [0.15, 0.2) is 0 Å². The molecule has 0 aliphatic heterocycles. The van der Waals surface area contributed by atoms with Crippen molar-refractivity contribution in [1.29, 1.82) is 0 Å². The fourth-order valence-corrected chi connectivity index (χ4v) is 3.24. The second-order valence-electron chi connectivity index (χ2n) is 12.5. The summed E-state index contributed by atoms with van der Waals surface area (Å²) in [5.41, 5.74) is -0.160. The molecule has 0 aromatic carbocycles. The average Bonchev–Trinajstić information content (AvgIpc) is 2.69. The topological polar surface area (TPSA) is 89.0 Å². The summed E-state index contributed by atoms with van der Waals surface area (Å²) < 4.78 is 17.1. The van der Waals surface area contributed by atoms with E-state index in [0.29, 0.717) is 50.9 Å². The fourth-order valence-electron chi connectivity index (χ4n) is 3.24. The van der Waals surface area contributed by atoms with Crippen molar-refractivity contribution in [2.24, 2.45) is 11.3 Å². The summed E-state index contributed by atoms with van der Waals surface area (Å²) in [6.07, 6.45) is 4.78. The van der Waals surface area contributed by atoms with E-state index in [2.05, 4.69) is 31.4 Å². The Hall–Kier alpha value is -0.730. The van der Waals surface area contributed by atoms with Crippen LogP contribution in [0.1, 0.15) is 94.4 Å². The molecule has 0 radical (unpaired) electrons. The van der Waals surface area contributed by atoms with Gasteiger partial charge in [0, 0.05) is 31.9 Å². The quantitative estimate of drug-likeness (QED) is 0.249. The monoisotopic (exact) mass is 488 g/mol. The van der Waals surface area contributed by atoms with Crippen molar-refractivity contribution < 1.29 is 24.1 Å². The van der Waals surface area contributed by atoms with Crippen molar-refractivity contribution >= 4 is 5.91 Å². The van der Waals surface area contributed by atoms with Crippen LogP contribution in [0.5, 0.6) is 0 Å². The molecule has 1 unspecified atom stereocenters. The van der Waals surface area contributed by atoms with E-state index in [1.54, 1.807) is 0 Å². The zero-order valence-corrected chi connectivity index (χ0v) is 23.7. The van der Waals surface area contributed by atoms with E-state index in [1.165, 1.54) is 0 Å². The second-order valence-corrected chi connectivity index (χ2v) is 12.5. The minimum Gasteiger partial charge on any atom is -0.396 e. The highest BCUT2D eigenvalue weighted by atomic mass is 16.5. The van der Waals surface area contributed by atoms with E-state index in [4.69, 9.17) is 14.2 Å². The number of amides is 1. The largest absolute Gasteiger partial charge is 0.396 e. The molecule has 0 fully saturated rings. The van der Waals surface area contributed by atoms with Gasteiger partial charge in [-0.3, -0.25) is 10.1 Å². The average molecular weight is 489 g/mol. The number of aliphatic hydroxyl groups excluding tert-OH is 1. The highest BCUT2D eigenvalue weighted by molar-refractivity contribution is 5.82. The number of aliphatic hydroxyl groups is 1. The molecule has 7 nitrogen and oxygen atoms in total. The molecule has 0 saturated carbocycles. The standard InChI is InChI=1S/C27H56N2O5/c1-25(2,3)14-12-22(20-30)13-17-33-19-18-32-16-11-10-15-28-24(31)23(29-26(4,5)6)21-34-27(7,8)9/h22-23,29-30H,10-21H2,1-9H3,(H,28,31)/t22?,23-/m0/s1. The molecule has 34 heavy (non-hydrogen) atoms. The Morgan fingerprint density at radius 3 is 2.00 bits per heavy atom. The number of hydrogen-bond donors (Lipinski definition) is 3. The highest BCUT2D eigenvalue weighted by Gasteiger charge is 2.25. The lowest BCUT2D eigenvalue weighted by Gasteiger charge is -2.30. The Morgan fingerprint density at radius 1 is 0.853 bits per heavy atom. The second kappa shape index (κ2) is 16.9. The predicted molar refractivity (Wildman–Crippen MR) is 140 cm³/mol. The molecule has 0 saturated heterocycles. The van der Waals surface area contributed by atoms with Gasteiger partial charge in [-0.1, -0.05) is 20.8 Å². The van der Waals surface area contributed by atoms with Crippen molar-refractivity contribution in [3.63, 3.8) is 0 Å². The van der Waals surface area contributed by atoms with Gasteiger partial charge in [-0.15, -0.1) is 0 Å². The number of rotatable bonds is 18. The Bertz CT molecular complexity index is 521. The van der Waals surface area contributed by atoms with Crippen molar-refractivity contribution in [1.82, 2.24) is 10.6 Å². The third-order valence-corrected chi connectivity index (χ3v) is 5.22. The molecule has 0 aromatic rings. The molecule has 0 aromatic heterocycles. The fraction of sp³-hybridized carbons (Fsp3) is 0.963. The van der Waals surface area contributed by atoms with E-state index in [1.807, 2.05) is 41.5 Å². The Morgan fingerprint density at radius 2 is 1.47 bits per heavy atom. The van der Waals surface area contributed by atoms with Gasteiger partial charge in [0.1, 0.15) is 6.04 Å². The van der Waals surface area contributed by atoms with Crippen LogP contribution in [0.3, 0.4) is 0 Å². The van der Waals surface area contributed by atoms with Crippen LogP contribution >= 0.6 is 0 Å². The first-order chi connectivity index (χ1) is 15.6. The minimum absolute atomic E-state index is 0.0304. The minimum atomic E-state index is -0.383. The third-order valence-electron chi connectivity index (χ3n) is 5.22. The summed E-state index contributed by atoms with van der Waals surface area (Å²) in [5.74, 6) is 0.283. The van der Waals surface area contributed by atoms with Crippen molar-refractivity contribution in [2.45, 2.75) is 112 Å². The highest BCUT2D eigenvalue weighted by Crippen LogP contribution is 2.24. The first-order valence-electron chi connectivity index (χ1n) is 13.1. The van der Waals surface area contributed by atoms with Gasteiger partial charge in [0.25, 0.3) is 0 Å². The van der Waals surface area contributed by atoms with Crippen molar-refractivity contribution in [2.75, 3.05) is 46.2 Å². The molecule has 0 heterocycles. The molecule has 0 spiro atoms. The molecule has 0 aliphatic rings. The smallest absolute Gasteiger partial charge is 0.239 e. The van der Waals surface area contributed by atoms with Gasteiger partial charge in [-0.05, 0) is 85.0 Å². The van der Waals surface area contributed by atoms with Gasteiger partial charge in [0.05, 0.1) is 25.4 Å². The molecule has 7 heteroatoms. The van der Waals surface area contributed by atoms with E-state index in [-0.39, 0.29) is 29.7 Å². The summed E-state index contributed by atoms with van der Waals surface area (Å²) in [6.45, 7) is 22.4. The number of unbranched alkanes of at least 4 members (excludes halogenated alkanes) is 1. The SMILES string of the molecule is CC(C)(C)CCC(CO)CCOCCOCCCCNC(=O)[C@H](COC(C)(C)C)NC(C)(C)C. The van der Waals surface area contributed by atoms with Gasteiger partial charge in [0.2, 0.25) is 5.91 Å². The van der Waals surface area contributed by atoms with Crippen molar-refractivity contribution in [3.8, 4) is 0 Å². The molecular weight excluding hydrogens is 432 g/mol. The van der Waals surface area contributed by atoms with Gasteiger partial charge < -0.3 is 24.6 Å². The number of ether oxygens (including phenoxy) is 3. The summed E-state index contributed by atoms with van der Waals surface area (Å²) >= 11 is 0. The first-order valence-corrected chi connectivity index (χ1v) is 13.1. The van der Waals surface area contributed by atoms with Crippen LogP contribution in [0.25, 0.3) is 0 Å². The third kappa shape index (κ3) is 21.8. The van der Waals surface area contributed by atoms with E-state index in [9.17, 15) is 9.90 Å². The maximum atomic E-state index is 12.6. The molecule has 2 atom stereocenters. The van der Waals surface area contributed by atoms with Crippen LogP contribution in [0.4, 0.5) is 0 Å². The Balaban J connectivity index is 3.87. The van der Waals surface area contributed by atoms with Gasteiger partial charge >= 0.3 is 0 Å². The normalized spacial score (nSPS) is 14.8. The Kier molecular flexibility index (Phi) is 16.5. The van der Waals surface area contributed by atoms with Crippen LogP contribution < -0.4 is 10.6 Å². The Labute approximate surface area is 210 Å². The van der Waals surface area contributed by atoms with Crippen LogP contribution in [0, 0.1) is 11.3 Å². The summed E-state index contributed by atoms with van der Waals surface area (Å²) in [4.78, 5) is 12.6. The number of hydrogen-bond acceptors (Lipinski definition) is 6. The number of carbonyl (C=O) groups excluding carboxylic acids is 1. The molecule has 0 rings (SSSR count). The molecule has 1 amide bonds. The maximum Gasteiger partial charge on any atom is 0.239 e. The lowest BCUT2D eigenvalue weighted by atomic mass is 9.86. The van der Waals surface area contributed by atoms with Crippen LogP contribution in [0.2, 0.25) is 0 Å². The molecule has 0 bridgehead atoms. The molecule has 204 valence electrons. The molecular formula is C27H56N2O5.